The highest BCUT2D eigenvalue weighted by atomic mass is 28.1. The van der Waals surface area contributed by atoms with Crippen LogP contribution in [-0.2, 0) is 0 Å². The molecule has 0 bridgehead atoms. The zero-order valence-electron chi connectivity index (χ0n) is 9.13. The van der Waals surface area contributed by atoms with E-state index in [1.165, 1.54) is 16.7 Å². The van der Waals surface area contributed by atoms with E-state index in [1.54, 1.807) is 0 Å². The lowest BCUT2D eigenvalue weighted by Crippen LogP contribution is -2.44. The molecule has 12 heavy (non-hydrogen) atoms. The van der Waals surface area contributed by atoms with Gasteiger partial charge in [-0.1, -0.05) is 6.92 Å². The summed E-state index contributed by atoms with van der Waals surface area (Å²) in [5.41, 5.74) is 0.686. The maximum absolute atomic E-state index is 4.25. The molecule has 0 saturated carbocycles. The van der Waals surface area contributed by atoms with Gasteiger partial charge in [-0.2, -0.15) is 0 Å². The van der Waals surface area contributed by atoms with Gasteiger partial charge in [-0.15, -0.1) is 0 Å². The van der Waals surface area contributed by atoms with Crippen LogP contribution in [0.5, 0.6) is 0 Å². The lowest BCUT2D eigenvalue weighted by atomic mass is 10.4. The highest BCUT2D eigenvalue weighted by Gasteiger charge is 2.12. The van der Waals surface area contributed by atoms with Crippen molar-refractivity contribution >= 4 is 16.2 Å². The molecular formula is C8H21N3Si. The average molecular weight is 187 g/mol. The molecule has 0 fully saturated rings. The SMILES string of the molecule is CCC([SiH3])N(C)C(=NC)N(C)C. The van der Waals surface area contributed by atoms with Crippen molar-refractivity contribution in [3.05, 3.63) is 0 Å². The molecule has 0 aromatic rings. The first kappa shape index (κ1) is 11.5. The van der Waals surface area contributed by atoms with Crippen LogP contribution in [-0.4, -0.2) is 59.9 Å². The van der Waals surface area contributed by atoms with Crippen molar-refractivity contribution in [1.29, 1.82) is 0 Å². The summed E-state index contributed by atoms with van der Waals surface area (Å²) in [6, 6.07) is 0. The van der Waals surface area contributed by atoms with E-state index in [2.05, 4.69) is 28.8 Å². The van der Waals surface area contributed by atoms with E-state index >= 15 is 0 Å². The van der Waals surface area contributed by atoms with Crippen LogP contribution in [0.2, 0.25) is 0 Å². The Balaban J connectivity index is 4.33. The van der Waals surface area contributed by atoms with E-state index in [4.69, 9.17) is 0 Å². The third-order valence-electron chi connectivity index (χ3n) is 2.17. The Hall–Kier alpha value is -0.513. The Labute approximate surface area is 78.9 Å². The minimum atomic E-state index is 0.686. The van der Waals surface area contributed by atoms with Crippen LogP contribution >= 0.6 is 0 Å². The predicted molar refractivity (Wildman–Crippen MR) is 58.8 cm³/mol. The Kier molecular flexibility index (Phi) is 4.97. The molecule has 0 aromatic carbocycles. The molecule has 0 N–H and O–H groups in total. The van der Waals surface area contributed by atoms with Gasteiger partial charge in [0, 0.05) is 44.1 Å². The van der Waals surface area contributed by atoms with Crippen molar-refractivity contribution in [2.45, 2.75) is 19.0 Å². The molecule has 0 rings (SSSR count). The van der Waals surface area contributed by atoms with Crippen molar-refractivity contribution in [2.24, 2.45) is 4.99 Å². The van der Waals surface area contributed by atoms with Crippen molar-refractivity contribution in [3.63, 3.8) is 0 Å². The summed E-state index contributed by atoms with van der Waals surface area (Å²) in [6.45, 7) is 2.22. The number of nitrogens with zero attached hydrogens (tertiary/aromatic N) is 3. The zero-order chi connectivity index (χ0) is 9.72. The third-order valence-corrected chi connectivity index (χ3v) is 3.76. The minimum absolute atomic E-state index is 0.686. The van der Waals surface area contributed by atoms with Gasteiger partial charge in [-0.3, -0.25) is 4.99 Å². The van der Waals surface area contributed by atoms with Gasteiger partial charge < -0.3 is 9.80 Å². The summed E-state index contributed by atoms with van der Waals surface area (Å²) in [6.07, 6.45) is 1.20. The first-order valence-corrected chi connectivity index (χ1v) is 5.57. The predicted octanol–water partition coefficient (Wildman–Crippen LogP) is -0.433. The molecule has 0 aliphatic heterocycles. The van der Waals surface area contributed by atoms with E-state index in [0.29, 0.717) is 5.67 Å². The number of aliphatic imine (C=N–C) groups is 1. The van der Waals surface area contributed by atoms with Crippen molar-refractivity contribution in [1.82, 2.24) is 9.80 Å². The third kappa shape index (κ3) is 2.85. The van der Waals surface area contributed by atoms with Gasteiger partial charge in [-0.25, -0.2) is 0 Å². The van der Waals surface area contributed by atoms with E-state index < -0.39 is 0 Å². The van der Waals surface area contributed by atoms with Gasteiger partial charge in [-0.05, 0) is 6.42 Å². The molecule has 0 amide bonds. The number of hydrogen-bond donors (Lipinski definition) is 0. The Bertz CT molecular complexity index is 156. The van der Waals surface area contributed by atoms with Gasteiger partial charge >= 0.3 is 0 Å². The maximum atomic E-state index is 4.25. The molecular weight excluding hydrogens is 166 g/mol. The van der Waals surface area contributed by atoms with E-state index in [0.717, 1.165) is 5.96 Å². The molecule has 0 aliphatic rings. The fourth-order valence-electron chi connectivity index (χ4n) is 1.14. The molecule has 1 atom stereocenters. The quantitative estimate of drug-likeness (QED) is 0.332. The van der Waals surface area contributed by atoms with Gasteiger partial charge in [0.25, 0.3) is 0 Å². The first-order chi connectivity index (χ1) is 5.54. The summed E-state index contributed by atoms with van der Waals surface area (Å²) < 4.78 is 0. The van der Waals surface area contributed by atoms with Crippen molar-refractivity contribution in [3.8, 4) is 0 Å². The first-order valence-electron chi connectivity index (χ1n) is 4.41. The Morgan fingerprint density at radius 3 is 2.17 bits per heavy atom. The number of rotatable bonds is 2. The maximum Gasteiger partial charge on any atom is 0.195 e. The van der Waals surface area contributed by atoms with Crippen LogP contribution in [0, 0.1) is 0 Å². The normalized spacial score (nSPS) is 14.6. The summed E-state index contributed by atoms with van der Waals surface area (Å²) in [4.78, 5) is 8.56. The van der Waals surface area contributed by atoms with Crippen LogP contribution in [0.4, 0.5) is 0 Å². The van der Waals surface area contributed by atoms with Crippen molar-refractivity contribution in [2.75, 3.05) is 28.2 Å². The summed E-state index contributed by atoms with van der Waals surface area (Å²) in [5, 5.41) is 0. The lowest BCUT2D eigenvalue weighted by Gasteiger charge is -2.30. The van der Waals surface area contributed by atoms with Gasteiger partial charge in [0.2, 0.25) is 0 Å². The monoisotopic (exact) mass is 187 g/mol. The molecule has 0 aliphatic carbocycles. The number of guanidine groups is 1. The van der Waals surface area contributed by atoms with Crippen LogP contribution < -0.4 is 0 Å². The summed E-state index contributed by atoms with van der Waals surface area (Å²) >= 11 is 0. The molecule has 0 heterocycles. The smallest absolute Gasteiger partial charge is 0.195 e. The van der Waals surface area contributed by atoms with E-state index in [9.17, 15) is 0 Å². The molecule has 0 radical (unpaired) electrons. The van der Waals surface area contributed by atoms with Gasteiger partial charge in [0.15, 0.2) is 5.96 Å². The Morgan fingerprint density at radius 2 is 1.92 bits per heavy atom. The fourth-order valence-corrected chi connectivity index (χ4v) is 1.38. The van der Waals surface area contributed by atoms with Gasteiger partial charge in [0.1, 0.15) is 0 Å². The van der Waals surface area contributed by atoms with Crippen LogP contribution in [0.1, 0.15) is 13.3 Å². The molecule has 0 saturated heterocycles. The molecule has 1 unspecified atom stereocenters. The lowest BCUT2D eigenvalue weighted by molar-refractivity contribution is 0.391. The number of hydrogen-bond acceptors (Lipinski definition) is 1. The second-order valence-electron chi connectivity index (χ2n) is 3.29. The highest BCUT2D eigenvalue weighted by molar-refractivity contribution is 6.13. The van der Waals surface area contributed by atoms with Gasteiger partial charge in [0.05, 0.1) is 0 Å². The van der Waals surface area contributed by atoms with Crippen molar-refractivity contribution < 1.29 is 0 Å². The molecule has 4 heteroatoms. The Morgan fingerprint density at radius 1 is 1.42 bits per heavy atom. The summed E-state index contributed by atoms with van der Waals surface area (Å²) in [5.74, 6) is 1.07. The van der Waals surface area contributed by atoms with Crippen LogP contribution in [0.25, 0.3) is 0 Å². The molecule has 72 valence electrons. The second kappa shape index (κ2) is 5.19. The minimum Gasteiger partial charge on any atom is -0.349 e. The zero-order valence-corrected chi connectivity index (χ0v) is 11.1. The largest absolute Gasteiger partial charge is 0.349 e. The molecule has 0 aromatic heterocycles. The van der Waals surface area contributed by atoms with Crippen LogP contribution in [0.3, 0.4) is 0 Å². The fraction of sp³-hybridized carbons (Fsp3) is 0.875. The standard InChI is InChI=1S/C8H21N3Si/c1-6-7(12)11(5)8(9-2)10(3)4/h7H,6H2,1-5,12H3. The summed E-state index contributed by atoms with van der Waals surface area (Å²) in [7, 11) is 9.21. The average Bonchev–Trinajstić information content (AvgIpc) is 2.03. The molecule has 3 nitrogen and oxygen atoms in total. The molecule has 0 spiro atoms. The second-order valence-corrected chi connectivity index (χ2v) is 4.62. The van der Waals surface area contributed by atoms with E-state index in [1.807, 2.05) is 21.1 Å². The topological polar surface area (TPSA) is 18.8 Å². The van der Waals surface area contributed by atoms with Crippen LogP contribution in [0.15, 0.2) is 4.99 Å². The van der Waals surface area contributed by atoms with E-state index in [-0.39, 0.29) is 0 Å². The highest BCUT2D eigenvalue weighted by Crippen LogP contribution is 1.99.